The maximum absolute atomic E-state index is 14.0. The minimum Gasteiger partial charge on any atom is -0.497 e. The third kappa shape index (κ3) is 3.56. The summed E-state index contributed by atoms with van der Waals surface area (Å²) in [5.74, 6) is -1.16. The maximum atomic E-state index is 14.0. The fraction of sp³-hybridized carbons (Fsp3) is 0.158. The van der Waals surface area contributed by atoms with Gasteiger partial charge in [0.2, 0.25) is 0 Å². The number of hydrogen-bond acceptors (Lipinski definition) is 3. The van der Waals surface area contributed by atoms with Gasteiger partial charge in [0, 0.05) is 25.5 Å². The molecule has 1 N–H and O–H groups in total. The van der Waals surface area contributed by atoms with Crippen molar-refractivity contribution in [3.05, 3.63) is 83.4 Å². The number of aryl methyl sites for hydroxylation is 1. The lowest BCUT2D eigenvalue weighted by Gasteiger charge is -2.20. The van der Waals surface area contributed by atoms with Crippen LogP contribution >= 0.6 is 0 Å². The van der Waals surface area contributed by atoms with Crippen molar-refractivity contribution in [2.45, 2.75) is 6.04 Å². The minimum absolute atomic E-state index is 0.242. The largest absolute Gasteiger partial charge is 0.497 e. The zero-order chi connectivity index (χ0) is 18.7. The normalized spacial score (nSPS) is 11.8. The van der Waals surface area contributed by atoms with E-state index in [4.69, 9.17) is 4.74 Å². The van der Waals surface area contributed by atoms with Crippen molar-refractivity contribution >= 4 is 5.91 Å². The van der Waals surface area contributed by atoms with Crippen LogP contribution in [-0.4, -0.2) is 22.6 Å². The summed E-state index contributed by atoms with van der Waals surface area (Å²) in [6.07, 6.45) is 3.35. The molecule has 1 amide bonds. The third-order valence-corrected chi connectivity index (χ3v) is 3.99. The second-order valence-electron chi connectivity index (χ2n) is 5.70. The smallest absolute Gasteiger partial charge is 0.255 e. The van der Waals surface area contributed by atoms with Crippen LogP contribution < -0.4 is 10.1 Å². The Labute approximate surface area is 149 Å². The van der Waals surface area contributed by atoms with E-state index in [1.54, 1.807) is 49.3 Å². The molecule has 0 fully saturated rings. The molecule has 134 valence electrons. The first kappa shape index (κ1) is 17.6. The number of imidazole rings is 1. The molecule has 3 rings (SSSR count). The number of methoxy groups -OCH3 is 1. The van der Waals surface area contributed by atoms with Crippen molar-refractivity contribution in [1.29, 1.82) is 0 Å². The van der Waals surface area contributed by atoms with Crippen LogP contribution in [0.2, 0.25) is 0 Å². The highest BCUT2D eigenvalue weighted by atomic mass is 19.1. The summed E-state index contributed by atoms with van der Waals surface area (Å²) in [7, 11) is 3.33. The molecule has 26 heavy (non-hydrogen) atoms. The van der Waals surface area contributed by atoms with Crippen molar-refractivity contribution in [2.75, 3.05) is 7.11 Å². The van der Waals surface area contributed by atoms with E-state index < -0.39 is 23.6 Å². The molecule has 1 heterocycles. The van der Waals surface area contributed by atoms with Gasteiger partial charge in [-0.1, -0.05) is 12.1 Å². The highest BCUT2D eigenvalue weighted by molar-refractivity contribution is 5.94. The first-order valence-electron chi connectivity index (χ1n) is 7.86. The Bertz CT molecular complexity index is 940. The molecule has 0 aliphatic heterocycles. The molecule has 5 nitrogen and oxygen atoms in total. The molecule has 7 heteroatoms. The molecule has 0 aliphatic rings. The van der Waals surface area contributed by atoms with Gasteiger partial charge < -0.3 is 14.6 Å². The van der Waals surface area contributed by atoms with Crippen molar-refractivity contribution < 1.29 is 18.3 Å². The lowest BCUT2D eigenvalue weighted by atomic mass is 10.0. The average molecular weight is 357 g/mol. The van der Waals surface area contributed by atoms with E-state index in [1.165, 1.54) is 0 Å². The van der Waals surface area contributed by atoms with Crippen LogP contribution in [0.25, 0.3) is 0 Å². The number of aromatic nitrogens is 2. The van der Waals surface area contributed by atoms with E-state index in [0.717, 1.165) is 17.7 Å². The molecule has 1 atom stereocenters. The number of nitrogens with zero attached hydrogens (tertiary/aromatic N) is 2. The zero-order valence-corrected chi connectivity index (χ0v) is 14.2. The van der Waals surface area contributed by atoms with Gasteiger partial charge in [-0.3, -0.25) is 4.79 Å². The summed E-state index contributed by atoms with van der Waals surface area (Å²) in [6.45, 7) is 0. The van der Waals surface area contributed by atoms with Crippen molar-refractivity contribution in [3.8, 4) is 5.75 Å². The molecule has 0 bridgehead atoms. The number of rotatable bonds is 5. The average Bonchev–Trinajstić information content (AvgIpc) is 3.05. The van der Waals surface area contributed by atoms with Gasteiger partial charge in [0.05, 0.1) is 12.7 Å². The Kier molecular flexibility index (Phi) is 4.97. The molecule has 2 aromatic carbocycles. The summed E-state index contributed by atoms with van der Waals surface area (Å²) < 4.78 is 34.0. The van der Waals surface area contributed by atoms with Crippen LogP contribution in [0.5, 0.6) is 5.75 Å². The van der Waals surface area contributed by atoms with Crippen molar-refractivity contribution in [1.82, 2.24) is 14.9 Å². The van der Waals surface area contributed by atoms with Crippen molar-refractivity contribution in [3.63, 3.8) is 0 Å². The summed E-state index contributed by atoms with van der Waals surface area (Å²) in [5, 5.41) is 2.76. The number of hydrogen-bond donors (Lipinski definition) is 1. The van der Waals surface area contributed by atoms with E-state index >= 15 is 0 Å². The lowest BCUT2D eigenvalue weighted by Crippen LogP contribution is -2.31. The Hall–Kier alpha value is -3.22. The molecule has 0 aliphatic carbocycles. The van der Waals surface area contributed by atoms with Crippen LogP contribution in [-0.2, 0) is 7.05 Å². The standard InChI is InChI=1S/C19H17F2N3O2/c1-24-9-8-22-18(24)17(12-4-3-5-14(10-12)26-2)23-19(25)15-7-6-13(20)11-16(15)21/h3-11,17H,1-2H3,(H,23,25)/t17-/m0/s1. The fourth-order valence-electron chi connectivity index (χ4n) is 2.66. The molecule has 1 aromatic heterocycles. The van der Waals surface area contributed by atoms with Crippen molar-refractivity contribution in [2.24, 2.45) is 7.05 Å². The minimum atomic E-state index is -0.924. The maximum Gasteiger partial charge on any atom is 0.255 e. The van der Waals surface area contributed by atoms with Gasteiger partial charge in [-0.25, -0.2) is 13.8 Å². The second-order valence-corrected chi connectivity index (χ2v) is 5.70. The Morgan fingerprint density at radius 1 is 1.23 bits per heavy atom. The summed E-state index contributed by atoms with van der Waals surface area (Å²) in [4.78, 5) is 16.9. The topological polar surface area (TPSA) is 56.1 Å². The van der Waals surface area contributed by atoms with Crippen LogP contribution in [0, 0.1) is 11.6 Å². The molecule has 0 radical (unpaired) electrons. The summed E-state index contributed by atoms with van der Waals surface area (Å²) >= 11 is 0. The van der Waals surface area contributed by atoms with Gasteiger partial charge in [-0.2, -0.15) is 0 Å². The SMILES string of the molecule is COc1cccc([C@H](NC(=O)c2ccc(F)cc2F)c2nccn2C)c1. The van der Waals surface area contributed by atoms with E-state index in [0.29, 0.717) is 17.6 Å². The van der Waals surface area contributed by atoms with Crippen LogP contribution in [0.1, 0.15) is 27.8 Å². The molecule has 3 aromatic rings. The van der Waals surface area contributed by atoms with Crippen LogP contribution in [0.15, 0.2) is 54.9 Å². The molecular weight excluding hydrogens is 340 g/mol. The molecular formula is C19H17F2N3O2. The van der Waals surface area contributed by atoms with Gasteiger partial charge in [0.15, 0.2) is 0 Å². The van der Waals surface area contributed by atoms with E-state index in [1.807, 2.05) is 6.07 Å². The van der Waals surface area contributed by atoms with E-state index in [9.17, 15) is 13.6 Å². The third-order valence-electron chi connectivity index (χ3n) is 3.99. The summed E-state index contributed by atoms with van der Waals surface area (Å²) in [6, 6.07) is 9.33. The number of halogens is 2. The van der Waals surface area contributed by atoms with Gasteiger partial charge in [-0.15, -0.1) is 0 Å². The van der Waals surface area contributed by atoms with Crippen LogP contribution in [0.4, 0.5) is 8.78 Å². The molecule has 0 spiro atoms. The molecule has 0 saturated heterocycles. The van der Waals surface area contributed by atoms with Crippen LogP contribution in [0.3, 0.4) is 0 Å². The number of nitrogens with one attached hydrogen (secondary N) is 1. The van der Waals surface area contributed by atoms with E-state index in [-0.39, 0.29) is 5.56 Å². The second kappa shape index (κ2) is 7.35. The number of amides is 1. The number of benzene rings is 2. The first-order valence-corrected chi connectivity index (χ1v) is 7.86. The molecule has 0 unspecified atom stereocenters. The first-order chi connectivity index (χ1) is 12.5. The zero-order valence-electron chi connectivity index (χ0n) is 14.2. The Balaban J connectivity index is 1.98. The molecule has 0 saturated carbocycles. The van der Waals surface area contributed by atoms with Gasteiger partial charge in [0.1, 0.15) is 29.3 Å². The van der Waals surface area contributed by atoms with E-state index in [2.05, 4.69) is 10.3 Å². The van der Waals surface area contributed by atoms with Gasteiger partial charge >= 0.3 is 0 Å². The fourth-order valence-corrected chi connectivity index (χ4v) is 2.66. The number of ether oxygens (including phenoxy) is 1. The van der Waals surface area contributed by atoms with Gasteiger partial charge in [0.25, 0.3) is 5.91 Å². The monoisotopic (exact) mass is 357 g/mol. The highest BCUT2D eigenvalue weighted by Gasteiger charge is 2.23. The number of carbonyl (C=O) groups excluding carboxylic acids is 1. The highest BCUT2D eigenvalue weighted by Crippen LogP contribution is 2.25. The Morgan fingerprint density at radius 3 is 2.69 bits per heavy atom. The van der Waals surface area contributed by atoms with Gasteiger partial charge in [-0.05, 0) is 29.8 Å². The number of carbonyl (C=O) groups is 1. The predicted octanol–water partition coefficient (Wildman–Crippen LogP) is 3.23. The summed E-state index contributed by atoms with van der Waals surface area (Å²) in [5.41, 5.74) is 0.475. The predicted molar refractivity (Wildman–Crippen MR) is 91.9 cm³/mol. The Morgan fingerprint density at radius 2 is 2.04 bits per heavy atom. The lowest BCUT2D eigenvalue weighted by molar-refractivity contribution is 0.0937. The quantitative estimate of drug-likeness (QED) is 0.763.